The van der Waals surface area contributed by atoms with Crippen LogP contribution in [0.5, 0.6) is 0 Å². The lowest BCUT2D eigenvalue weighted by Crippen LogP contribution is -2.12. The lowest BCUT2D eigenvalue weighted by Gasteiger charge is -2.08. The van der Waals surface area contributed by atoms with Gasteiger partial charge in [0.05, 0.1) is 11.7 Å². The molecule has 1 rings (SSSR count). The van der Waals surface area contributed by atoms with Gasteiger partial charge in [-0.2, -0.15) is 0 Å². The van der Waals surface area contributed by atoms with Gasteiger partial charge in [-0.15, -0.1) is 0 Å². The third-order valence-electron chi connectivity index (χ3n) is 1.44. The Hall–Kier alpha value is -0.580. The standard InChI is InChI=1S/C10H11IO2/c1-7(2)13-10(12)8-5-3-4-6-9(8)11/h3-7H,1-2H3. The lowest BCUT2D eigenvalue weighted by molar-refractivity contribution is 0.0376. The van der Waals surface area contributed by atoms with Crippen LogP contribution in [0.15, 0.2) is 24.3 Å². The highest BCUT2D eigenvalue weighted by molar-refractivity contribution is 14.1. The van der Waals surface area contributed by atoms with Gasteiger partial charge in [-0.1, -0.05) is 12.1 Å². The smallest absolute Gasteiger partial charge is 0.339 e. The van der Waals surface area contributed by atoms with Crippen molar-refractivity contribution in [3.63, 3.8) is 0 Å². The van der Waals surface area contributed by atoms with Gasteiger partial charge in [-0.3, -0.25) is 0 Å². The molecule has 0 radical (unpaired) electrons. The molecule has 0 N–H and O–H groups in total. The first-order valence-electron chi connectivity index (χ1n) is 4.06. The van der Waals surface area contributed by atoms with Gasteiger partial charge in [-0.05, 0) is 48.6 Å². The average molecular weight is 290 g/mol. The molecule has 0 atom stereocenters. The minimum Gasteiger partial charge on any atom is -0.459 e. The molecule has 0 spiro atoms. The molecule has 0 aliphatic rings. The molecular weight excluding hydrogens is 279 g/mol. The molecule has 0 aromatic heterocycles. The number of hydrogen-bond donors (Lipinski definition) is 0. The van der Waals surface area contributed by atoms with Crippen molar-refractivity contribution in [1.82, 2.24) is 0 Å². The van der Waals surface area contributed by atoms with E-state index in [1.807, 2.05) is 32.0 Å². The molecule has 2 nitrogen and oxygen atoms in total. The van der Waals surface area contributed by atoms with Crippen molar-refractivity contribution in [1.29, 1.82) is 0 Å². The zero-order valence-electron chi connectivity index (χ0n) is 7.58. The molecule has 0 bridgehead atoms. The SMILES string of the molecule is CC(C)OC(=O)c1ccccc1I. The van der Waals surface area contributed by atoms with Gasteiger partial charge >= 0.3 is 5.97 Å². The van der Waals surface area contributed by atoms with E-state index in [1.165, 1.54) is 0 Å². The Morgan fingerprint density at radius 3 is 2.54 bits per heavy atom. The minimum atomic E-state index is -0.250. The van der Waals surface area contributed by atoms with Crippen molar-refractivity contribution < 1.29 is 9.53 Å². The summed E-state index contributed by atoms with van der Waals surface area (Å²) in [6, 6.07) is 7.39. The van der Waals surface area contributed by atoms with Gasteiger partial charge in [0.15, 0.2) is 0 Å². The Morgan fingerprint density at radius 2 is 2.00 bits per heavy atom. The molecule has 1 aromatic rings. The summed E-state index contributed by atoms with van der Waals surface area (Å²) in [7, 11) is 0. The number of hydrogen-bond acceptors (Lipinski definition) is 2. The van der Waals surface area contributed by atoms with E-state index >= 15 is 0 Å². The maximum Gasteiger partial charge on any atom is 0.339 e. The molecule has 0 fully saturated rings. The third-order valence-corrected chi connectivity index (χ3v) is 2.38. The molecule has 0 saturated heterocycles. The van der Waals surface area contributed by atoms with E-state index in [2.05, 4.69) is 22.6 Å². The average Bonchev–Trinajstić information content (AvgIpc) is 2.03. The quantitative estimate of drug-likeness (QED) is 0.618. The van der Waals surface area contributed by atoms with Crippen molar-refractivity contribution >= 4 is 28.6 Å². The second-order valence-electron chi connectivity index (χ2n) is 2.93. The Morgan fingerprint density at radius 1 is 1.38 bits per heavy atom. The van der Waals surface area contributed by atoms with Gasteiger partial charge < -0.3 is 4.74 Å². The summed E-state index contributed by atoms with van der Waals surface area (Å²) in [6.45, 7) is 3.68. The van der Waals surface area contributed by atoms with E-state index < -0.39 is 0 Å². The molecule has 0 aliphatic heterocycles. The molecule has 1 aromatic carbocycles. The van der Waals surface area contributed by atoms with E-state index in [9.17, 15) is 4.79 Å². The van der Waals surface area contributed by atoms with E-state index in [1.54, 1.807) is 6.07 Å². The fraction of sp³-hybridized carbons (Fsp3) is 0.300. The highest BCUT2D eigenvalue weighted by Gasteiger charge is 2.11. The normalized spacial score (nSPS) is 10.2. The maximum atomic E-state index is 11.4. The molecule has 3 heteroatoms. The topological polar surface area (TPSA) is 26.3 Å². The Bertz CT molecular complexity index is 308. The maximum absolute atomic E-state index is 11.4. The fourth-order valence-corrected chi connectivity index (χ4v) is 1.51. The second-order valence-corrected chi connectivity index (χ2v) is 4.10. The van der Waals surface area contributed by atoms with Gasteiger partial charge in [0, 0.05) is 3.57 Å². The molecular formula is C10H11IO2. The predicted molar refractivity (Wildman–Crippen MR) is 59.7 cm³/mol. The predicted octanol–water partition coefficient (Wildman–Crippen LogP) is 2.86. The van der Waals surface area contributed by atoms with Gasteiger partial charge in [0.2, 0.25) is 0 Å². The molecule has 13 heavy (non-hydrogen) atoms. The summed E-state index contributed by atoms with van der Waals surface area (Å²) in [5.74, 6) is -0.250. The zero-order chi connectivity index (χ0) is 9.84. The minimum absolute atomic E-state index is 0.0662. The summed E-state index contributed by atoms with van der Waals surface area (Å²) in [4.78, 5) is 11.4. The van der Waals surface area contributed by atoms with Crippen molar-refractivity contribution in [2.75, 3.05) is 0 Å². The molecule has 0 aliphatic carbocycles. The highest BCUT2D eigenvalue weighted by atomic mass is 127. The van der Waals surface area contributed by atoms with Gasteiger partial charge in [0.1, 0.15) is 0 Å². The first-order chi connectivity index (χ1) is 6.11. The van der Waals surface area contributed by atoms with Crippen LogP contribution in [0, 0.1) is 3.57 Å². The van der Waals surface area contributed by atoms with Crippen LogP contribution in [0.25, 0.3) is 0 Å². The number of carbonyl (C=O) groups is 1. The summed E-state index contributed by atoms with van der Waals surface area (Å²) >= 11 is 2.12. The van der Waals surface area contributed by atoms with Crippen LogP contribution in [0.3, 0.4) is 0 Å². The fourth-order valence-electron chi connectivity index (χ4n) is 0.904. The van der Waals surface area contributed by atoms with Crippen molar-refractivity contribution in [2.24, 2.45) is 0 Å². The van der Waals surface area contributed by atoms with Crippen LogP contribution in [0.1, 0.15) is 24.2 Å². The zero-order valence-corrected chi connectivity index (χ0v) is 9.74. The Balaban J connectivity index is 2.83. The van der Waals surface area contributed by atoms with Gasteiger partial charge in [-0.25, -0.2) is 4.79 Å². The third kappa shape index (κ3) is 2.99. The van der Waals surface area contributed by atoms with Crippen molar-refractivity contribution in [2.45, 2.75) is 20.0 Å². The molecule has 0 heterocycles. The summed E-state index contributed by atoms with van der Waals surface area (Å²) in [6.07, 6.45) is -0.0662. The molecule has 70 valence electrons. The number of rotatable bonds is 2. The Kier molecular flexibility index (Phi) is 3.71. The van der Waals surface area contributed by atoms with E-state index in [0.717, 1.165) is 3.57 Å². The number of esters is 1. The summed E-state index contributed by atoms with van der Waals surface area (Å²) < 4.78 is 6.00. The van der Waals surface area contributed by atoms with Crippen LogP contribution in [0.2, 0.25) is 0 Å². The van der Waals surface area contributed by atoms with Crippen LogP contribution in [-0.4, -0.2) is 12.1 Å². The van der Waals surface area contributed by atoms with Crippen LogP contribution in [0.4, 0.5) is 0 Å². The van der Waals surface area contributed by atoms with Crippen molar-refractivity contribution in [3.8, 4) is 0 Å². The van der Waals surface area contributed by atoms with Crippen molar-refractivity contribution in [3.05, 3.63) is 33.4 Å². The number of carbonyl (C=O) groups excluding carboxylic acids is 1. The van der Waals surface area contributed by atoms with Gasteiger partial charge in [0.25, 0.3) is 0 Å². The first kappa shape index (κ1) is 10.5. The van der Waals surface area contributed by atoms with E-state index in [0.29, 0.717) is 5.56 Å². The summed E-state index contributed by atoms with van der Waals surface area (Å²) in [5, 5.41) is 0. The first-order valence-corrected chi connectivity index (χ1v) is 5.14. The number of benzene rings is 1. The lowest BCUT2D eigenvalue weighted by atomic mass is 10.2. The second kappa shape index (κ2) is 4.60. The van der Waals surface area contributed by atoms with E-state index in [4.69, 9.17) is 4.74 Å². The van der Waals surface area contributed by atoms with Crippen LogP contribution >= 0.6 is 22.6 Å². The Labute approximate surface area is 91.4 Å². The molecule has 0 saturated carbocycles. The number of ether oxygens (including phenoxy) is 1. The van der Waals surface area contributed by atoms with Crippen LogP contribution in [-0.2, 0) is 4.74 Å². The highest BCUT2D eigenvalue weighted by Crippen LogP contribution is 2.13. The van der Waals surface area contributed by atoms with E-state index in [-0.39, 0.29) is 12.1 Å². The molecule has 0 unspecified atom stereocenters. The number of halogens is 1. The monoisotopic (exact) mass is 290 g/mol. The largest absolute Gasteiger partial charge is 0.459 e. The molecule has 0 amide bonds. The summed E-state index contributed by atoms with van der Waals surface area (Å²) in [5.41, 5.74) is 0.636. The van der Waals surface area contributed by atoms with Crippen LogP contribution < -0.4 is 0 Å².